The molecule has 0 aliphatic carbocycles. The largest absolute Gasteiger partial charge is 0.341 e. The predicted molar refractivity (Wildman–Crippen MR) is 106 cm³/mol. The lowest BCUT2D eigenvalue weighted by Gasteiger charge is -2.15. The molecule has 1 atom stereocenters. The molecule has 0 spiro atoms. The van der Waals surface area contributed by atoms with Crippen LogP contribution in [0.4, 0.5) is 0 Å². The van der Waals surface area contributed by atoms with E-state index in [9.17, 15) is 5.11 Å². The third kappa shape index (κ3) is 3.10. The van der Waals surface area contributed by atoms with Gasteiger partial charge in [0.1, 0.15) is 0 Å². The molecule has 4 aromatic carbocycles. The van der Waals surface area contributed by atoms with E-state index in [2.05, 4.69) is 37.3 Å². The van der Waals surface area contributed by atoms with Gasteiger partial charge in [0, 0.05) is 5.56 Å². The third-order valence-corrected chi connectivity index (χ3v) is 5.02. The van der Waals surface area contributed by atoms with E-state index in [1.165, 1.54) is 10.8 Å². The summed E-state index contributed by atoms with van der Waals surface area (Å²) in [5.41, 5.74) is 4.01. The minimum Gasteiger partial charge on any atom is -0.341 e. The molecular formula is C24H21O2. The average Bonchev–Trinajstić information content (AvgIpc) is 2.67. The summed E-state index contributed by atoms with van der Waals surface area (Å²) in [5, 5.41) is 17.3. The first-order chi connectivity index (χ1) is 12.6. The topological polar surface area (TPSA) is 29.1 Å². The second kappa shape index (κ2) is 6.91. The van der Waals surface area contributed by atoms with Gasteiger partial charge in [-0.2, -0.15) is 5.11 Å². The van der Waals surface area contributed by atoms with Crippen molar-refractivity contribution in [3.63, 3.8) is 0 Å². The van der Waals surface area contributed by atoms with Crippen LogP contribution in [0.3, 0.4) is 0 Å². The maximum absolute atomic E-state index is 12.7. The highest BCUT2D eigenvalue weighted by Crippen LogP contribution is 2.28. The fourth-order valence-electron chi connectivity index (χ4n) is 3.56. The van der Waals surface area contributed by atoms with Gasteiger partial charge in [0.05, 0.1) is 6.61 Å². The van der Waals surface area contributed by atoms with Crippen molar-refractivity contribution in [3.8, 4) is 0 Å². The van der Waals surface area contributed by atoms with Crippen LogP contribution in [-0.2, 0) is 16.5 Å². The smallest absolute Gasteiger partial charge is 0.217 e. The molecule has 0 heterocycles. The highest BCUT2D eigenvalue weighted by molar-refractivity contribution is 5.87. The molecule has 2 nitrogen and oxygen atoms in total. The Morgan fingerprint density at radius 3 is 2.27 bits per heavy atom. The molecule has 129 valence electrons. The van der Waals surface area contributed by atoms with E-state index >= 15 is 0 Å². The Kier molecular flexibility index (Phi) is 4.46. The Morgan fingerprint density at radius 1 is 0.769 bits per heavy atom. The quantitative estimate of drug-likeness (QED) is 0.403. The van der Waals surface area contributed by atoms with E-state index in [1.807, 2.05) is 49.4 Å². The van der Waals surface area contributed by atoms with Crippen LogP contribution in [0.15, 0.2) is 72.8 Å². The lowest BCUT2D eigenvalue weighted by molar-refractivity contribution is -0.152. The second-order valence-corrected chi connectivity index (χ2v) is 6.78. The summed E-state index contributed by atoms with van der Waals surface area (Å²) in [6.45, 7) is 4.41. The van der Waals surface area contributed by atoms with Crippen LogP contribution >= 0.6 is 0 Å². The monoisotopic (exact) mass is 341 g/mol. The molecule has 4 rings (SSSR count). The van der Waals surface area contributed by atoms with Crippen molar-refractivity contribution in [1.82, 2.24) is 0 Å². The molecule has 4 aromatic rings. The van der Waals surface area contributed by atoms with Crippen LogP contribution in [0.5, 0.6) is 0 Å². The molecule has 0 N–H and O–H groups in total. The van der Waals surface area contributed by atoms with Gasteiger partial charge in [-0.25, -0.2) is 0 Å². The number of hydrogen-bond donors (Lipinski definition) is 0. The Morgan fingerprint density at radius 2 is 1.46 bits per heavy atom. The normalized spacial score (nSPS) is 12.6. The van der Waals surface area contributed by atoms with E-state index in [-0.39, 0.29) is 0 Å². The van der Waals surface area contributed by atoms with E-state index < -0.39 is 6.29 Å². The summed E-state index contributed by atoms with van der Waals surface area (Å²) in [6.07, 6.45) is -1.20. The number of hydrogen-bond acceptors (Lipinski definition) is 1. The maximum Gasteiger partial charge on any atom is 0.217 e. The summed E-state index contributed by atoms with van der Waals surface area (Å²) < 4.78 is 5.75. The molecule has 1 radical (unpaired) electrons. The van der Waals surface area contributed by atoms with E-state index in [0.717, 1.165) is 27.5 Å². The third-order valence-electron chi connectivity index (χ3n) is 5.02. The van der Waals surface area contributed by atoms with Crippen LogP contribution in [0, 0.1) is 13.8 Å². The van der Waals surface area contributed by atoms with Gasteiger partial charge in [-0.15, -0.1) is 0 Å². The van der Waals surface area contributed by atoms with E-state index in [0.29, 0.717) is 12.2 Å². The Labute approximate surface area is 153 Å². The standard InChI is InChI=1S/C24H21O2/c1-16-11-12-18-7-3-6-10-22(18)23(16)15-26-24(25)20-13-17(2)21-9-5-4-8-19(21)14-20/h3-14,24H,15H2,1-2H3. The number of ether oxygens (including phenoxy) is 1. The minimum atomic E-state index is -1.20. The van der Waals surface area contributed by atoms with Gasteiger partial charge >= 0.3 is 0 Å². The lowest BCUT2D eigenvalue weighted by Crippen LogP contribution is -2.04. The number of rotatable bonds is 4. The van der Waals surface area contributed by atoms with Crippen molar-refractivity contribution >= 4 is 21.5 Å². The van der Waals surface area contributed by atoms with Crippen molar-refractivity contribution < 1.29 is 9.84 Å². The van der Waals surface area contributed by atoms with Crippen LogP contribution in [0.2, 0.25) is 0 Å². The maximum atomic E-state index is 12.7. The number of benzene rings is 4. The summed E-state index contributed by atoms with van der Waals surface area (Å²) in [6, 6.07) is 24.4. The van der Waals surface area contributed by atoms with Gasteiger partial charge in [0.25, 0.3) is 0 Å². The molecule has 0 aliphatic heterocycles. The summed E-state index contributed by atoms with van der Waals surface area (Å²) in [4.78, 5) is 0. The molecule has 0 fully saturated rings. The fourth-order valence-corrected chi connectivity index (χ4v) is 3.56. The molecule has 26 heavy (non-hydrogen) atoms. The lowest BCUT2D eigenvalue weighted by atomic mass is 10.00. The number of aryl methyl sites for hydroxylation is 2. The van der Waals surface area contributed by atoms with Gasteiger partial charge in [0.15, 0.2) is 0 Å². The van der Waals surface area contributed by atoms with Crippen molar-refractivity contribution in [3.05, 3.63) is 95.1 Å². The molecule has 0 aliphatic rings. The van der Waals surface area contributed by atoms with Gasteiger partial charge < -0.3 is 4.74 Å². The van der Waals surface area contributed by atoms with Crippen LogP contribution in [0.25, 0.3) is 21.5 Å². The average molecular weight is 341 g/mol. The van der Waals surface area contributed by atoms with Gasteiger partial charge in [-0.1, -0.05) is 66.7 Å². The zero-order valence-corrected chi connectivity index (χ0v) is 15.0. The first kappa shape index (κ1) is 16.8. The highest BCUT2D eigenvalue weighted by atomic mass is 16.6. The molecular weight excluding hydrogens is 320 g/mol. The highest BCUT2D eigenvalue weighted by Gasteiger charge is 2.14. The Hall–Kier alpha value is -2.68. The van der Waals surface area contributed by atoms with Gasteiger partial charge in [0.2, 0.25) is 6.29 Å². The summed E-state index contributed by atoms with van der Waals surface area (Å²) in [7, 11) is 0. The van der Waals surface area contributed by atoms with Crippen LogP contribution < -0.4 is 0 Å². The summed E-state index contributed by atoms with van der Waals surface area (Å²) in [5.74, 6) is 0. The first-order valence-corrected chi connectivity index (χ1v) is 8.87. The Balaban J connectivity index is 1.62. The molecule has 0 saturated heterocycles. The Bertz CT molecular complexity index is 1080. The predicted octanol–water partition coefficient (Wildman–Crippen LogP) is 6.26. The fraction of sp³-hybridized carbons (Fsp3) is 0.167. The van der Waals surface area contributed by atoms with E-state index in [4.69, 9.17) is 4.74 Å². The molecule has 1 unspecified atom stereocenters. The van der Waals surface area contributed by atoms with Crippen LogP contribution in [0.1, 0.15) is 28.5 Å². The molecule has 0 amide bonds. The van der Waals surface area contributed by atoms with Gasteiger partial charge in [-0.05, 0) is 58.1 Å². The first-order valence-electron chi connectivity index (χ1n) is 8.87. The van der Waals surface area contributed by atoms with E-state index in [1.54, 1.807) is 0 Å². The minimum absolute atomic E-state index is 0.313. The van der Waals surface area contributed by atoms with Crippen molar-refractivity contribution in [2.45, 2.75) is 26.7 Å². The number of fused-ring (bicyclic) bond motifs is 2. The zero-order chi connectivity index (χ0) is 18.1. The SMILES string of the molecule is Cc1ccc2ccccc2c1COC([O])c1cc(C)c2ccccc2c1. The van der Waals surface area contributed by atoms with Crippen molar-refractivity contribution in [1.29, 1.82) is 0 Å². The molecule has 0 aromatic heterocycles. The van der Waals surface area contributed by atoms with Crippen molar-refractivity contribution in [2.24, 2.45) is 0 Å². The van der Waals surface area contributed by atoms with Gasteiger partial charge in [-0.3, -0.25) is 0 Å². The second-order valence-electron chi connectivity index (χ2n) is 6.78. The zero-order valence-electron chi connectivity index (χ0n) is 15.0. The molecule has 2 heteroatoms. The van der Waals surface area contributed by atoms with Crippen molar-refractivity contribution in [2.75, 3.05) is 0 Å². The summed E-state index contributed by atoms with van der Waals surface area (Å²) >= 11 is 0. The molecule has 0 saturated carbocycles. The van der Waals surface area contributed by atoms with Crippen LogP contribution in [-0.4, -0.2) is 0 Å². The molecule has 0 bridgehead atoms.